The molecule has 0 N–H and O–H groups in total. The van der Waals surface area contributed by atoms with E-state index in [1.807, 2.05) is 33.8 Å². The first-order chi connectivity index (χ1) is 11.9. The van der Waals surface area contributed by atoms with Crippen LogP contribution in [0.5, 0.6) is 0 Å². The summed E-state index contributed by atoms with van der Waals surface area (Å²) in [5.74, 6) is 0. The van der Waals surface area contributed by atoms with E-state index in [0.29, 0.717) is 0 Å². The molecule has 0 atom stereocenters. The van der Waals surface area contributed by atoms with E-state index in [1.165, 1.54) is 40.7 Å². The van der Waals surface area contributed by atoms with E-state index in [-0.39, 0.29) is 43.9 Å². The Labute approximate surface area is 181 Å². The molecule has 4 heteroatoms. The van der Waals surface area contributed by atoms with Crippen LogP contribution in [0.25, 0.3) is 33.0 Å². The summed E-state index contributed by atoms with van der Waals surface area (Å²) < 4.78 is 10.4. The molecule has 1 aliphatic heterocycles. The van der Waals surface area contributed by atoms with Crippen molar-refractivity contribution in [2.24, 2.45) is 0 Å². The fraction of sp³-hybridized carbons (Fsp3) is 0.273. The van der Waals surface area contributed by atoms with Crippen LogP contribution >= 0.6 is 0 Å². The molecule has 0 bridgehead atoms. The van der Waals surface area contributed by atoms with Gasteiger partial charge < -0.3 is 9.31 Å². The normalized spacial score (nSPS) is 17.5. The summed E-state index contributed by atoms with van der Waals surface area (Å²) in [5.41, 5.74) is 5.02. The zero-order chi connectivity index (χ0) is 17.7. The average molecular weight is 417 g/mol. The first-order valence-corrected chi connectivity index (χ1v) is 8.61. The fourth-order valence-corrected chi connectivity index (χ4v) is 3.21. The van der Waals surface area contributed by atoms with Crippen molar-refractivity contribution < 1.29 is 42.0 Å². The van der Waals surface area contributed by atoms with Gasteiger partial charge in [0.1, 0.15) is 0 Å². The monoisotopic (exact) mass is 417 g/mol. The Kier molecular flexibility index (Phi) is 5.47. The van der Waals surface area contributed by atoms with Gasteiger partial charge in [0.2, 0.25) is 0 Å². The van der Waals surface area contributed by atoms with Crippen LogP contribution in [-0.4, -0.2) is 18.9 Å². The minimum Gasteiger partial charge on any atom is -0.405 e. The van der Waals surface area contributed by atoms with Crippen LogP contribution in [-0.2, 0) is 42.0 Å². The van der Waals surface area contributed by atoms with Gasteiger partial charge in [0, 0.05) is 32.7 Å². The van der Waals surface area contributed by atoms with Gasteiger partial charge in [-0.05, 0) is 38.8 Å². The number of hydrogen-bond donors (Lipinski definition) is 0. The summed E-state index contributed by atoms with van der Waals surface area (Å²) in [5, 5.41) is 2.57. The third-order valence-electron chi connectivity index (χ3n) is 5.47. The molecule has 0 unspecified atom stereocenters. The van der Waals surface area contributed by atoms with Gasteiger partial charge in [0.05, 0.1) is 11.2 Å². The van der Waals surface area contributed by atoms with Gasteiger partial charge in [-0.2, -0.15) is 0 Å². The van der Waals surface area contributed by atoms with Crippen molar-refractivity contribution in [3.05, 3.63) is 60.7 Å². The van der Waals surface area contributed by atoms with Gasteiger partial charge in [-0.15, -0.1) is 35.7 Å². The molecule has 0 saturated carbocycles. The topological polar surface area (TPSA) is 18.5 Å². The predicted octanol–water partition coefficient (Wildman–Crippen LogP) is 5.41. The molecule has 1 heterocycles. The summed E-state index contributed by atoms with van der Waals surface area (Å²) >= 11 is 0. The van der Waals surface area contributed by atoms with Gasteiger partial charge in [-0.1, -0.05) is 46.8 Å². The number of hydrogen-bond acceptors (Lipinski definition) is 2. The molecular formula is C22H21BO2Y-. The molecule has 2 aliphatic rings. The van der Waals surface area contributed by atoms with Crippen LogP contribution in [0.1, 0.15) is 27.7 Å². The van der Waals surface area contributed by atoms with Gasteiger partial charge in [-0.3, -0.25) is 0 Å². The van der Waals surface area contributed by atoms with Crippen LogP contribution in [0, 0.1) is 6.07 Å². The van der Waals surface area contributed by atoms with E-state index < -0.39 is 0 Å². The molecule has 3 aromatic rings. The zero-order valence-corrected chi connectivity index (χ0v) is 18.5. The third-order valence-corrected chi connectivity index (χ3v) is 5.47. The Morgan fingerprint density at radius 2 is 1.27 bits per heavy atom. The van der Waals surface area contributed by atoms with Crippen LogP contribution in [0.15, 0.2) is 54.6 Å². The molecule has 2 nitrogen and oxygen atoms in total. The average Bonchev–Trinajstić information content (AvgIpc) is 3.05. The van der Waals surface area contributed by atoms with E-state index in [2.05, 4.69) is 54.6 Å². The van der Waals surface area contributed by atoms with Crippen LogP contribution in [0.4, 0.5) is 0 Å². The van der Waals surface area contributed by atoms with Gasteiger partial charge in [0.15, 0.2) is 0 Å². The van der Waals surface area contributed by atoms with Crippen molar-refractivity contribution in [1.29, 1.82) is 0 Å². The van der Waals surface area contributed by atoms with Crippen LogP contribution < -0.4 is 0 Å². The maximum atomic E-state index is 5.21. The Bertz CT molecular complexity index is 878. The largest absolute Gasteiger partial charge is 0.488 e. The van der Waals surface area contributed by atoms with E-state index in [4.69, 9.17) is 9.31 Å². The smallest absolute Gasteiger partial charge is 0.405 e. The molecule has 1 aliphatic carbocycles. The summed E-state index contributed by atoms with van der Waals surface area (Å²) in [7, 11) is 1.42. The van der Waals surface area contributed by atoms with Crippen molar-refractivity contribution >= 4 is 18.5 Å². The van der Waals surface area contributed by atoms with Crippen molar-refractivity contribution in [3.8, 4) is 22.3 Å². The summed E-state index contributed by atoms with van der Waals surface area (Å²) in [6.45, 7) is 8.04. The van der Waals surface area contributed by atoms with Crippen molar-refractivity contribution in [3.63, 3.8) is 0 Å². The molecule has 128 valence electrons. The number of fused-ring (bicyclic) bond motifs is 3. The van der Waals surface area contributed by atoms with E-state index in [9.17, 15) is 0 Å². The molecule has 1 fully saturated rings. The molecule has 0 aromatic heterocycles. The Morgan fingerprint density at radius 3 is 1.81 bits per heavy atom. The summed E-state index contributed by atoms with van der Waals surface area (Å²) in [4.78, 5) is 0. The van der Waals surface area contributed by atoms with Crippen LogP contribution in [0.3, 0.4) is 0 Å². The fourth-order valence-electron chi connectivity index (χ4n) is 3.21. The van der Waals surface area contributed by atoms with Gasteiger partial charge >= 0.3 is 7.69 Å². The molecular weight excluding hydrogens is 396 g/mol. The van der Waals surface area contributed by atoms with Gasteiger partial charge in [0.25, 0.3) is 0 Å². The van der Waals surface area contributed by atoms with E-state index >= 15 is 0 Å². The van der Waals surface area contributed by atoms with E-state index in [1.54, 1.807) is 0 Å². The van der Waals surface area contributed by atoms with Crippen molar-refractivity contribution in [1.82, 2.24) is 0 Å². The molecule has 2 radical (unpaired) electrons. The van der Waals surface area contributed by atoms with Crippen molar-refractivity contribution in [2.75, 3.05) is 0 Å². The first-order valence-electron chi connectivity index (χ1n) is 8.61. The minimum absolute atomic E-state index is 0. The third kappa shape index (κ3) is 3.20. The van der Waals surface area contributed by atoms with Crippen molar-refractivity contribution in [2.45, 2.75) is 38.9 Å². The zero-order valence-electron chi connectivity index (χ0n) is 15.7. The molecule has 0 amide bonds. The standard InChI is InChI=1S/C16H9.C6H12BO2.Y/c1-2-8-13-12(7-1)14-9-3-5-11-6-4-10-15(13)16(11)14;1-5(2)6(3,4)9-7-8-5;/h1-5,7-10H;1-4H3;/q-1;;. The SMILES string of the molecule is CC1(C)O[B]OC1(C)C.[Y].[c-]1ccc2c3c(cccc13)-c1ccccc1-2. The Hall–Kier alpha value is -0.991. The summed E-state index contributed by atoms with van der Waals surface area (Å²) in [6, 6.07) is 22.5. The molecule has 1 saturated heterocycles. The van der Waals surface area contributed by atoms with Crippen LogP contribution in [0.2, 0.25) is 0 Å². The van der Waals surface area contributed by atoms with E-state index in [0.717, 1.165) is 0 Å². The number of rotatable bonds is 0. The predicted molar refractivity (Wildman–Crippen MR) is 103 cm³/mol. The molecule has 5 rings (SSSR count). The Morgan fingerprint density at radius 1 is 0.731 bits per heavy atom. The molecule has 26 heavy (non-hydrogen) atoms. The maximum Gasteiger partial charge on any atom is 0.488 e. The summed E-state index contributed by atoms with van der Waals surface area (Å²) in [6.07, 6.45) is 0. The second kappa shape index (κ2) is 7.20. The molecule has 0 spiro atoms. The van der Waals surface area contributed by atoms with Gasteiger partial charge in [-0.25, -0.2) is 0 Å². The Balaban J connectivity index is 0.000000170. The quantitative estimate of drug-likeness (QED) is 0.282. The number of benzene rings is 3. The first kappa shape index (κ1) is 19.8. The minimum atomic E-state index is -0.188. The molecule has 3 aromatic carbocycles. The second-order valence-electron chi connectivity index (χ2n) is 7.52. The maximum absolute atomic E-state index is 5.21. The second-order valence-corrected chi connectivity index (χ2v) is 7.52.